The molecule has 0 fully saturated rings. The molecule has 6 heteroatoms. The van der Waals surface area contributed by atoms with Crippen LogP contribution in [0.5, 0.6) is 0 Å². The summed E-state index contributed by atoms with van der Waals surface area (Å²) in [4.78, 5) is 0. The van der Waals surface area contributed by atoms with Gasteiger partial charge in [-0.2, -0.15) is 14.9 Å². The van der Waals surface area contributed by atoms with E-state index in [0.717, 1.165) is 35.1 Å². The quantitative estimate of drug-likeness (QED) is 0.494. The van der Waals surface area contributed by atoms with Gasteiger partial charge in [-0.05, 0) is 49.5 Å². The van der Waals surface area contributed by atoms with Gasteiger partial charge in [0.2, 0.25) is 4.77 Å². The summed E-state index contributed by atoms with van der Waals surface area (Å²) >= 11 is 8.75. The molecule has 4 nitrogen and oxygen atoms in total. The molecule has 0 spiro atoms. The summed E-state index contributed by atoms with van der Waals surface area (Å²) in [7, 11) is 0. The van der Waals surface area contributed by atoms with Crippen molar-refractivity contribution in [2.75, 3.05) is 0 Å². The number of aromatic amines is 1. The highest BCUT2D eigenvalue weighted by Crippen LogP contribution is 2.22. The van der Waals surface area contributed by atoms with Crippen LogP contribution in [0.3, 0.4) is 0 Å². The maximum Gasteiger partial charge on any atom is 0.216 e. The Morgan fingerprint density at radius 1 is 1.43 bits per heavy atom. The van der Waals surface area contributed by atoms with Gasteiger partial charge < -0.3 is 0 Å². The van der Waals surface area contributed by atoms with Crippen LogP contribution in [0.4, 0.5) is 0 Å². The number of hydrogen-bond acceptors (Lipinski definition) is 3. The lowest BCUT2D eigenvalue weighted by Crippen LogP contribution is -2.05. The zero-order chi connectivity index (χ0) is 14.7. The Labute approximate surface area is 136 Å². The second-order valence-electron chi connectivity index (χ2n) is 4.98. The van der Waals surface area contributed by atoms with Crippen molar-refractivity contribution in [2.24, 2.45) is 11.0 Å². The maximum absolute atomic E-state index is 5.28. The van der Waals surface area contributed by atoms with Crippen molar-refractivity contribution in [3.05, 3.63) is 45.7 Å². The molecular formula is C15H15BrN4S. The monoisotopic (exact) mass is 362 g/mol. The van der Waals surface area contributed by atoms with Crippen LogP contribution in [0.15, 0.2) is 46.0 Å². The van der Waals surface area contributed by atoms with Gasteiger partial charge in [-0.15, -0.1) is 0 Å². The third-order valence-corrected chi connectivity index (χ3v) is 4.19. The topological polar surface area (TPSA) is 46.0 Å². The average Bonchev–Trinajstić information content (AvgIpc) is 2.87. The van der Waals surface area contributed by atoms with Crippen molar-refractivity contribution >= 4 is 34.4 Å². The van der Waals surface area contributed by atoms with Gasteiger partial charge in [-0.1, -0.05) is 40.2 Å². The molecule has 1 aliphatic rings. The first kappa shape index (κ1) is 14.4. The second kappa shape index (κ2) is 6.49. The highest BCUT2D eigenvalue weighted by Gasteiger charge is 2.10. The molecule has 1 aliphatic carbocycles. The average molecular weight is 363 g/mol. The number of rotatable bonds is 3. The molecule has 0 bridgehead atoms. The van der Waals surface area contributed by atoms with Crippen LogP contribution >= 0.6 is 28.1 Å². The van der Waals surface area contributed by atoms with E-state index in [0.29, 0.717) is 10.7 Å². The Balaban J connectivity index is 1.92. The number of benzene rings is 1. The van der Waals surface area contributed by atoms with E-state index in [9.17, 15) is 0 Å². The molecule has 1 N–H and O–H groups in total. The van der Waals surface area contributed by atoms with Gasteiger partial charge >= 0.3 is 0 Å². The summed E-state index contributed by atoms with van der Waals surface area (Å²) in [5.74, 6) is 1.20. The Morgan fingerprint density at radius 2 is 2.33 bits per heavy atom. The van der Waals surface area contributed by atoms with E-state index in [-0.39, 0.29) is 0 Å². The number of aromatic nitrogens is 3. The lowest BCUT2D eigenvalue weighted by atomic mass is 9.96. The standard InChI is InChI=1S/C15H15BrN4S/c16-13-8-4-7-12(9-13)14-18-19-15(21)20(14)17-10-11-5-2-1-3-6-11/h1-2,4,7-11H,3,5-6H2,(H,19,21)/b17-10-/t11-/m0/s1. The van der Waals surface area contributed by atoms with Crippen molar-refractivity contribution in [1.29, 1.82) is 0 Å². The molecular weight excluding hydrogens is 348 g/mol. The van der Waals surface area contributed by atoms with E-state index in [1.54, 1.807) is 4.68 Å². The maximum atomic E-state index is 5.28. The van der Waals surface area contributed by atoms with Gasteiger partial charge in [0.1, 0.15) is 0 Å². The Hall–Kier alpha value is -1.53. The minimum Gasteiger partial charge on any atom is -0.250 e. The van der Waals surface area contributed by atoms with E-state index in [4.69, 9.17) is 12.2 Å². The molecule has 3 rings (SSSR count). The zero-order valence-electron chi connectivity index (χ0n) is 11.4. The zero-order valence-corrected chi connectivity index (χ0v) is 13.8. The first-order chi connectivity index (χ1) is 10.2. The predicted molar refractivity (Wildman–Crippen MR) is 90.9 cm³/mol. The molecule has 108 valence electrons. The molecule has 1 atom stereocenters. The molecule has 1 aromatic heterocycles. The Morgan fingerprint density at radius 3 is 3.10 bits per heavy atom. The highest BCUT2D eigenvalue weighted by molar-refractivity contribution is 9.10. The van der Waals surface area contributed by atoms with Crippen molar-refractivity contribution in [3.63, 3.8) is 0 Å². The molecule has 0 aliphatic heterocycles. The number of nitrogens with one attached hydrogen (secondary N) is 1. The molecule has 0 radical (unpaired) electrons. The summed E-state index contributed by atoms with van der Waals surface area (Å²) in [5.41, 5.74) is 0.970. The molecule has 1 heterocycles. The van der Waals surface area contributed by atoms with Gasteiger partial charge in [0, 0.05) is 16.3 Å². The van der Waals surface area contributed by atoms with E-state index < -0.39 is 0 Å². The number of nitrogens with zero attached hydrogens (tertiary/aromatic N) is 3. The van der Waals surface area contributed by atoms with E-state index in [1.165, 1.54) is 0 Å². The largest absolute Gasteiger partial charge is 0.250 e. The van der Waals surface area contributed by atoms with Gasteiger partial charge in [0.25, 0.3) is 0 Å². The molecule has 2 aromatic rings. The van der Waals surface area contributed by atoms with Gasteiger partial charge in [-0.25, -0.2) is 5.10 Å². The third-order valence-electron chi connectivity index (χ3n) is 3.44. The Bertz CT molecular complexity index is 744. The van der Waals surface area contributed by atoms with Crippen LogP contribution in [0.25, 0.3) is 11.4 Å². The highest BCUT2D eigenvalue weighted by atomic mass is 79.9. The lowest BCUT2D eigenvalue weighted by Gasteiger charge is -2.12. The lowest BCUT2D eigenvalue weighted by molar-refractivity contribution is 0.622. The van der Waals surface area contributed by atoms with Crippen LogP contribution in [-0.2, 0) is 0 Å². The minimum absolute atomic E-state index is 0.474. The van der Waals surface area contributed by atoms with Crippen LogP contribution in [0.1, 0.15) is 19.3 Å². The fourth-order valence-electron chi connectivity index (χ4n) is 2.33. The van der Waals surface area contributed by atoms with Crippen LogP contribution in [0.2, 0.25) is 0 Å². The van der Waals surface area contributed by atoms with Gasteiger partial charge in [-0.3, -0.25) is 0 Å². The first-order valence-electron chi connectivity index (χ1n) is 6.87. The number of H-pyrrole nitrogens is 1. The van der Waals surface area contributed by atoms with Gasteiger partial charge in [0.15, 0.2) is 5.82 Å². The fourth-order valence-corrected chi connectivity index (χ4v) is 2.91. The van der Waals surface area contributed by atoms with E-state index in [1.807, 2.05) is 30.5 Å². The summed E-state index contributed by atoms with van der Waals surface area (Å²) in [5, 5.41) is 11.6. The first-order valence-corrected chi connectivity index (χ1v) is 8.07. The SMILES string of the molecule is S=c1[nH]nc(-c2cccc(Br)c2)n1/N=C\[C@H]1CC=CCC1. The Kier molecular flexibility index (Phi) is 4.45. The number of hydrogen-bond donors (Lipinski definition) is 1. The smallest absolute Gasteiger partial charge is 0.216 e. The predicted octanol–water partition coefficient (Wildman–Crippen LogP) is 4.56. The molecule has 1 aromatic carbocycles. The molecule has 21 heavy (non-hydrogen) atoms. The second-order valence-corrected chi connectivity index (χ2v) is 6.29. The normalized spacial score (nSPS) is 18.4. The minimum atomic E-state index is 0.474. The van der Waals surface area contributed by atoms with E-state index >= 15 is 0 Å². The van der Waals surface area contributed by atoms with Crippen LogP contribution in [-0.4, -0.2) is 21.1 Å². The number of halogens is 1. The fraction of sp³-hybridized carbons (Fsp3) is 0.267. The van der Waals surface area contributed by atoms with Crippen molar-refractivity contribution in [3.8, 4) is 11.4 Å². The molecule has 0 saturated heterocycles. The number of allylic oxidation sites excluding steroid dienone is 2. The van der Waals surface area contributed by atoms with Gasteiger partial charge in [0.05, 0.1) is 0 Å². The van der Waals surface area contributed by atoms with Crippen LogP contribution < -0.4 is 0 Å². The van der Waals surface area contributed by atoms with Crippen molar-refractivity contribution in [1.82, 2.24) is 14.9 Å². The van der Waals surface area contributed by atoms with Crippen molar-refractivity contribution < 1.29 is 0 Å². The van der Waals surface area contributed by atoms with E-state index in [2.05, 4.69) is 43.4 Å². The van der Waals surface area contributed by atoms with Crippen molar-refractivity contribution in [2.45, 2.75) is 19.3 Å². The molecule has 0 saturated carbocycles. The molecule has 0 unspecified atom stereocenters. The third kappa shape index (κ3) is 3.39. The summed E-state index contributed by atoms with van der Waals surface area (Å²) < 4.78 is 3.20. The molecule has 0 amide bonds. The van der Waals surface area contributed by atoms with Crippen LogP contribution in [0, 0.1) is 10.7 Å². The summed E-state index contributed by atoms with van der Waals surface area (Å²) in [6.45, 7) is 0. The summed E-state index contributed by atoms with van der Waals surface area (Å²) in [6, 6.07) is 7.94. The summed E-state index contributed by atoms with van der Waals surface area (Å²) in [6.07, 6.45) is 9.71.